The molecule has 0 fully saturated rings. The second-order valence-corrected chi connectivity index (χ2v) is 16.1. The average molecular weight is 898 g/mol. The van der Waals surface area contributed by atoms with Crippen molar-refractivity contribution in [3.05, 3.63) is 147 Å². The molecule has 0 amide bonds. The van der Waals surface area contributed by atoms with E-state index in [0.29, 0.717) is 42.9 Å². The van der Waals surface area contributed by atoms with Crippen LogP contribution in [0.4, 0.5) is 11.6 Å². The Kier molecular flexibility index (Phi) is 14.6. The molecule has 62 heavy (non-hydrogen) atoms. The molecule has 8 rings (SSSR count). The maximum absolute atomic E-state index is 8.91. The Labute approximate surface area is 369 Å². The Morgan fingerprint density at radius 1 is 0.629 bits per heavy atom. The molecule has 6 aromatic rings. The Bertz CT molecular complexity index is 2560. The Morgan fingerprint density at radius 3 is 1.50 bits per heavy atom. The number of hydrogen-bond donors (Lipinski definition) is 4. The van der Waals surface area contributed by atoms with Gasteiger partial charge in [-0.1, -0.05) is 24.3 Å². The zero-order valence-electron chi connectivity index (χ0n) is 35.2. The lowest BCUT2D eigenvalue weighted by molar-refractivity contribution is -0.181. The number of pyridine rings is 4. The van der Waals surface area contributed by atoms with E-state index < -0.39 is 18.7 Å². The van der Waals surface area contributed by atoms with E-state index >= 15 is 0 Å². The number of aryl methyl sites for hydroxylation is 2. The number of fused-ring (bicyclic) bond motifs is 2. The first-order valence-electron chi connectivity index (χ1n) is 19.7. The van der Waals surface area contributed by atoms with Gasteiger partial charge in [0.25, 0.3) is 0 Å². The fourth-order valence-electron chi connectivity index (χ4n) is 6.27. The summed E-state index contributed by atoms with van der Waals surface area (Å²) in [5.41, 5.74) is 9.48. The van der Waals surface area contributed by atoms with Crippen molar-refractivity contribution in [2.75, 3.05) is 10.6 Å². The van der Waals surface area contributed by atoms with Crippen LogP contribution in [0.5, 0.6) is 11.5 Å². The highest BCUT2D eigenvalue weighted by Gasteiger charge is 2.31. The minimum absolute atomic E-state index is 0.393. The monoisotopic (exact) mass is 896 g/mol. The van der Waals surface area contributed by atoms with Crippen molar-refractivity contribution in [1.82, 2.24) is 19.9 Å². The standard InChI is InChI=1S/C23H22N4O2.C16H18BrN3O2.C7H6BNO2/c1-15-22-20(14-28-23(2,3)29-22)19(12-25-15)13-27-21-9-8-18(11-26-21)17-6-4-16(10-24)5-7-17;1-10-15-13(9-21-16(2,3)22-15)11(6-18-10)7-19-14-5-4-12(17)8-20-14;9-5-6-1-3-7(4-2-6)8(10)11/h4-9,11-12H,13-14H2,1-3H3,(H,26,27);4-6,8H,7,9H2,1-3H3,(H,19,20);1-4,10-11H. The van der Waals surface area contributed by atoms with Crippen LogP contribution in [0.1, 0.15) is 72.5 Å². The molecule has 2 aromatic carbocycles. The second kappa shape index (κ2) is 20.0. The highest BCUT2D eigenvalue weighted by Crippen LogP contribution is 2.36. The molecule has 0 atom stereocenters. The summed E-state index contributed by atoms with van der Waals surface area (Å²) in [5, 5.41) is 41.3. The molecule has 16 heteroatoms. The normalized spacial score (nSPS) is 13.9. The van der Waals surface area contributed by atoms with Crippen molar-refractivity contribution in [2.24, 2.45) is 0 Å². The number of anilines is 2. The number of ether oxygens (including phenoxy) is 4. The van der Waals surface area contributed by atoms with Crippen molar-refractivity contribution in [3.63, 3.8) is 0 Å². The van der Waals surface area contributed by atoms with Gasteiger partial charge in [-0.15, -0.1) is 0 Å². The number of benzene rings is 2. The zero-order chi connectivity index (χ0) is 44.4. The number of nitriles is 2. The molecule has 2 aliphatic rings. The first kappa shape index (κ1) is 45.1. The fourth-order valence-corrected chi connectivity index (χ4v) is 6.51. The third-order valence-corrected chi connectivity index (χ3v) is 10.2. The van der Waals surface area contributed by atoms with Gasteiger partial charge in [0.05, 0.1) is 47.9 Å². The summed E-state index contributed by atoms with van der Waals surface area (Å²) >= 11 is 3.38. The summed E-state index contributed by atoms with van der Waals surface area (Å²) in [6.07, 6.45) is 7.31. The summed E-state index contributed by atoms with van der Waals surface area (Å²) < 4.78 is 24.4. The lowest BCUT2D eigenvalue weighted by atomic mass is 9.80. The molecule has 0 spiro atoms. The van der Waals surface area contributed by atoms with E-state index in [-0.39, 0.29) is 0 Å². The quantitative estimate of drug-likeness (QED) is 0.109. The topological polar surface area (TPSA) is 201 Å². The van der Waals surface area contributed by atoms with Crippen molar-refractivity contribution in [3.8, 4) is 34.8 Å². The van der Waals surface area contributed by atoms with Crippen LogP contribution in [0.15, 0.2) is 102 Å². The molecule has 4 N–H and O–H groups in total. The van der Waals surface area contributed by atoms with Gasteiger partial charge in [0.15, 0.2) is 0 Å². The van der Waals surface area contributed by atoms with Gasteiger partial charge < -0.3 is 39.6 Å². The van der Waals surface area contributed by atoms with E-state index in [1.807, 2.05) is 103 Å². The van der Waals surface area contributed by atoms with E-state index in [2.05, 4.69) is 52.6 Å². The van der Waals surface area contributed by atoms with Crippen LogP contribution in [-0.2, 0) is 35.8 Å². The minimum Gasteiger partial charge on any atom is -0.461 e. The second-order valence-electron chi connectivity index (χ2n) is 15.2. The lowest BCUT2D eigenvalue weighted by Crippen LogP contribution is -2.36. The zero-order valence-corrected chi connectivity index (χ0v) is 36.8. The predicted molar refractivity (Wildman–Crippen MR) is 239 cm³/mol. The van der Waals surface area contributed by atoms with Gasteiger partial charge in [0, 0.05) is 86.7 Å². The van der Waals surface area contributed by atoms with Gasteiger partial charge >= 0.3 is 7.12 Å². The molecule has 0 saturated heterocycles. The maximum Gasteiger partial charge on any atom is 0.488 e. The summed E-state index contributed by atoms with van der Waals surface area (Å²) in [7, 11) is -1.46. The average Bonchev–Trinajstić information content (AvgIpc) is 3.27. The summed E-state index contributed by atoms with van der Waals surface area (Å²) in [4.78, 5) is 17.7. The number of halogens is 1. The Hall–Kier alpha value is -6.40. The number of nitrogens with one attached hydrogen (secondary N) is 2. The third-order valence-electron chi connectivity index (χ3n) is 9.73. The first-order valence-corrected chi connectivity index (χ1v) is 20.5. The van der Waals surface area contributed by atoms with E-state index in [1.54, 1.807) is 18.3 Å². The van der Waals surface area contributed by atoms with E-state index in [9.17, 15) is 0 Å². The Balaban J connectivity index is 0.000000171. The fraction of sp³-hybridized carbons (Fsp3) is 0.261. The summed E-state index contributed by atoms with van der Waals surface area (Å²) in [6.45, 7) is 13.7. The van der Waals surface area contributed by atoms with E-state index in [1.165, 1.54) is 24.3 Å². The number of rotatable bonds is 8. The van der Waals surface area contributed by atoms with Gasteiger partial charge in [-0.05, 0) is 100 Å². The van der Waals surface area contributed by atoms with E-state index in [4.69, 9.17) is 39.5 Å². The molecule has 6 heterocycles. The number of nitrogens with zero attached hydrogens (tertiary/aromatic N) is 6. The van der Waals surface area contributed by atoms with Crippen LogP contribution in [-0.4, -0.2) is 48.7 Å². The van der Waals surface area contributed by atoms with Crippen molar-refractivity contribution >= 4 is 40.1 Å². The smallest absolute Gasteiger partial charge is 0.461 e. The van der Waals surface area contributed by atoms with Crippen molar-refractivity contribution in [1.29, 1.82) is 10.5 Å². The largest absolute Gasteiger partial charge is 0.488 e. The summed E-state index contributed by atoms with van der Waals surface area (Å²) in [6, 6.07) is 25.4. The third kappa shape index (κ3) is 11.9. The van der Waals surface area contributed by atoms with Crippen molar-refractivity contribution in [2.45, 2.75) is 79.4 Å². The molecular formula is C46H46BBrN8O6. The van der Waals surface area contributed by atoms with Crippen LogP contribution in [0.3, 0.4) is 0 Å². The van der Waals surface area contributed by atoms with Crippen LogP contribution in [0, 0.1) is 36.5 Å². The maximum atomic E-state index is 8.91. The van der Waals surface area contributed by atoms with Crippen molar-refractivity contribution < 1.29 is 29.0 Å². The Morgan fingerprint density at radius 2 is 1.08 bits per heavy atom. The first-order chi connectivity index (χ1) is 29.6. The van der Waals surface area contributed by atoms with Gasteiger partial charge in [0.2, 0.25) is 11.6 Å². The molecule has 0 unspecified atom stereocenters. The molecule has 0 aliphatic carbocycles. The highest BCUT2D eigenvalue weighted by atomic mass is 79.9. The molecule has 0 radical (unpaired) electrons. The van der Waals surface area contributed by atoms with Crippen LogP contribution in [0.25, 0.3) is 11.1 Å². The predicted octanol–water partition coefficient (Wildman–Crippen LogP) is 7.62. The van der Waals surface area contributed by atoms with E-state index in [0.717, 1.165) is 72.4 Å². The van der Waals surface area contributed by atoms with Gasteiger partial charge in [-0.25, -0.2) is 9.97 Å². The van der Waals surface area contributed by atoms with Crippen LogP contribution < -0.4 is 25.6 Å². The summed E-state index contributed by atoms with van der Waals surface area (Å²) in [5.74, 6) is 1.97. The van der Waals surface area contributed by atoms with Crippen LogP contribution in [0.2, 0.25) is 0 Å². The van der Waals surface area contributed by atoms with Gasteiger partial charge in [-0.3, -0.25) is 9.97 Å². The molecule has 2 aliphatic heterocycles. The molecule has 316 valence electrons. The highest BCUT2D eigenvalue weighted by molar-refractivity contribution is 9.10. The van der Waals surface area contributed by atoms with Crippen LogP contribution >= 0.6 is 15.9 Å². The molecule has 0 saturated carbocycles. The SMILES string of the molecule is Cc1ncc(CNc2ccc(-c3ccc(C#N)cc3)cn2)c2c1OC(C)(C)OC2.Cc1ncc(CNc2ccc(Br)cn2)c2c1OC(C)(C)OC2.N#Cc1ccc(B(O)O)cc1. The van der Waals surface area contributed by atoms with Gasteiger partial charge in [0.1, 0.15) is 23.1 Å². The number of aromatic nitrogens is 4. The van der Waals surface area contributed by atoms with Gasteiger partial charge in [-0.2, -0.15) is 10.5 Å². The molecule has 0 bridgehead atoms. The number of hydrogen-bond acceptors (Lipinski definition) is 14. The molecule has 4 aromatic heterocycles. The minimum atomic E-state index is -1.46. The molecular weight excluding hydrogens is 851 g/mol. The molecule has 14 nitrogen and oxygen atoms in total. The lowest BCUT2D eigenvalue weighted by Gasteiger charge is -2.34.